The van der Waals surface area contributed by atoms with Crippen molar-refractivity contribution in [1.82, 2.24) is 0 Å². The third-order valence-corrected chi connectivity index (χ3v) is 5.59. The van der Waals surface area contributed by atoms with Crippen LogP contribution in [0.2, 0.25) is 0 Å². The zero-order valence-corrected chi connectivity index (χ0v) is 12.6. The zero-order chi connectivity index (χ0) is 14.4. The van der Waals surface area contributed by atoms with E-state index in [4.69, 9.17) is 9.47 Å². The van der Waals surface area contributed by atoms with Crippen LogP contribution in [0, 0.1) is 23.7 Å². The molecule has 1 fully saturated rings. The maximum Gasteiger partial charge on any atom is 0.118 e. The number of rotatable bonds is 4. The maximum absolute atomic E-state index is 11.1. The highest BCUT2D eigenvalue weighted by molar-refractivity contribution is 5.35. The molecule has 1 N–H and O–H groups in total. The van der Waals surface area contributed by atoms with Gasteiger partial charge in [0.1, 0.15) is 11.2 Å². The Balaban J connectivity index is 2.57. The van der Waals surface area contributed by atoms with Crippen molar-refractivity contribution in [3.63, 3.8) is 0 Å². The van der Waals surface area contributed by atoms with Crippen molar-refractivity contribution in [2.75, 3.05) is 20.8 Å². The van der Waals surface area contributed by atoms with Crippen LogP contribution in [-0.4, -0.2) is 37.1 Å². The first-order valence-electron chi connectivity index (χ1n) is 6.95. The molecule has 3 heteroatoms. The predicted octanol–water partition coefficient (Wildman–Crippen LogP) is 2.41. The van der Waals surface area contributed by atoms with E-state index in [0.29, 0.717) is 18.4 Å². The van der Waals surface area contributed by atoms with E-state index in [-0.39, 0.29) is 11.8 Å². The van der Waals surface area contributed by atoms with Gasteiger partial charge in [-0.1, -0.05) is 24.6 Å². The highest BCUT2D eigenvalue weighted by atomic mass is 16.5. The normalized spacial score (nSPS) is 49.1. The van der Waals surface area contributed by atoms with Crippen LogP contribution < -0.4 is 0 Å². The average molecular weight is 266 g/mol. The van der Waals surface area contributed by atoms with Gasteiger partial charge in [-0.05, 0) is 25.7 Å². The van der Waals surface area contributed by atoms with Crippen molar-refractivity contribution in [2.24, 2.45) is 23.7 Å². The van der Waals surface area contributed by atoms with Gasteiger partial charge >= 0.3 is 0 Å². The number of methoxy groups -OCH3 is 2. The summed E-state index contributed by atoms with van der Waals surface area (Å²) in [7, 11) is 3.41. The number of hydrogen-bond acceptors (Lipinski definition) is 3. The standard InChI is InChI=1S/C16H26O3/c1-7-16(17)13-8-10(2)14(15(16,4)19-6)12(9-18-5)11(13)3/h7-8,11-14,17H,1,9H2,2-6H3/t11-,12-,13-,14+,15-,16+/m1/s1. The summed E-state index contributed by atoms with van der Waals surface area (Å²) >= 11 is 0. The Hall–Kier alpha value is -0.640. The molecule has 6 atom stereocenters. The predicted molar refractivity (Wildman–Crippen MR) is 75.8 cm³/mol. The second-order valence-corrected chi connectivity index (χ2v) is 6.23. The van der Waals surface area contributed by atoms with Gasteiger partial charge in [0, 0.05) is 32.7 Å². The van der Waals surface area contributed by atoms with Gasteiger partial charge in [0.15, 0.2) is 0 Å². The van der Waals surface area contributed by atoms with Crippen LogP contribution in [0.5, 0.6) is 0 Å². The van der Waals surface area contributed by atoms with Crippen LogP contribution in [0.4, 0.5) is 0 Å². The fourth-order valence-electron chi connectivity index (χ4n) is 4.47. The van der Waals surface area contributed by atoms with Crippen LogP contribution in [0.3, 0.4) is 0 Å². The molecule has 0 spiro atoms. The molecule has 0 aromatic rings. The Morgan fingerprint density at radius 3 is 2.58 bits per heavy atom. The lowest BCUT2D eigenvalue weighted by Crippen LogP contribution is -2.70. The summed E-state index contributed by atoms with van der Waals surface area (Å²) < 4.78 is 11.2. The van der Waals surface area contributed by atoms with Crippen molar-refractivity contribution >= 4 is 0 Å². The van der Waals surface area contributed by atoms with Crippen LogP contribution in [0.25, 0.3) is 0 Å². The molecule has 0 unspecified atom stereocenters. The smallest absolute Gasteiger partial charge is 0.118 e. The van der Waals surface area contributed by atoms with E-state index in [1.54, 1.807) is 20.3 Å². The number of ether oxygens (including phenoxy) is 2. The molecule has 108 valence electrons. The summed E-state index contributed by atoms with van der Waals surface area (Å²) in [5, 5.41) is 11.1. The molecule has 0 aromatic carbocycles. The minimum atomic E-state index is -1.02. The number of fused-ring (bicyclic) bond motifs is 2. The first-order valence-corrected chi connectivity index (χ1v) is 6.95. The van der Waals surface area contributed by atoms with E-state index in [1.165, 1.54) is 5.57 Å². The van der Waals surface area contributed by atoms with Gasteiger partial charge in [0.05, 0.1) is 0 Å². The largest absolute Gasteiger partial charge is 0.384 e. The Morgan fingerprint density at radius 2 is 2.11 bits per heavy atom. The molecule has 3 rings (SSSR count). The molecular formula is C16H26O3. The minimum absolute atomic E-state index is 0.0279. The molecule has 0 aliphatic heterocycles. The van der Waals surface area contributed by atoms with Crippen molar-refractivity contribution in [3.8, 4) is 0 Å². The summed E-state index contributed by atoms with van der Waals surface area (Å²) in [5.41, 5.74) is -0.371. The van der Waals surface area contributed by atoms with E-state index in [9.17, 15) is 5.11 Å². The average Bonchev–Trinajstić information content (AvgIpc) is 2.39. The number of aliphatic hydroxyl groups is 1. The van der Waals surface area contributed by atoms with Crippen LogP contribution in [0.1, 0.15) is 20.8 Å². The van der Waals surface area contributed by atoms with Gasteiger partial charge in [-0.15, -0.1) is 6.58 Å². The fraction of sp³-hybridized carbons (Fsp3) is 0.750. The molecule has 0 heterocycles. The first kappa shape index (κ1) is 14.8. The molecule has 19 heavy (non-hydrogen) atoms. The molecule has 3 nitrogen and oxygen atoms in total. The molecule has 3 aliphatic carbocycles. The van der Waals surface area contributed by atoms with Crippen molar-refractivity contribution in [1.29, 1.82) is 0 Å². The van der Waals surface area contributed by atoms with Gasteiger partial charge in [-0.3, -0.25) is 0 Å². The van der Waals surface area contributed by atoms with E-state index >= 15 is 0 Å². The third-order valence-electron chi connectivity index (χ3n) is 5.59. The SMILES string of the molecule is C=C[C@]1(O)[C@@H]2C=C(C)[C@@H]([C@H](COC)[C@H]2C)[C@@]1(C)OC. The fourth-order valence-corrected chi connectivity index (χ4v) is 4.47. The van der Waals surface area contributed by atoms with Crippen LogP contribution in [-0.2, 0) is 9.47 Å². The second kappa shape index (κ2) is 4.72. The first-order chi connectivity index (χ1) is 8.87. The van der Waals surface area contributed by atoms with E-state index in [2.05, 4.69) is 26.5 Å². The van der Waals surface area contributed by atoms with Gasteiger partial charge in [0.25, 0.3) is 0 Å². The Labute approximate surface area is 116 Å². The van der Waals surface area contributed by atoms with E-state index < -0.39 is 11.2 Å². The Morgan fingerprint density at radius 1 is 1.47 bits per heavy atom. The van der Waals surface area contributed by atoms with Crippen molar-refractivity contribution < 1.29 is 14.6 Å². The highest BCUT2D eigenvalue weighted by Gasteiger charge is 2.65. The molecule has 2 bridgehead atoms. The van der Waals surface area contributed by atoms with Crippen LogP contribution in [0.15, 0.2) is 24.3 Å². The topological polar surface area (TPSA) is 38.7 Å². The van der Waals surface area contributed by atoms with Gasteiger partial charge in [0.2, 0.25) is 0 Å². The van der Waals surface area contributed by atoms with Gasteiger partial charge in [-0.25, -0.2) is 0 Å². The lowest BCUT2D eigenvalue weighted by atomic mass is 9.48. The van der Waals surface area contributed by atoms with E-state index in [0.717, 1.165) is 0 Å². The van der Waals surface area contributed by atoms with Crippen LogP contribution >= 0.6 is 0 Å². The molecular weight excluding hydrogens is 240 g/mol. The minimum Gasteiger partial charge on any atom is -0.384 e. The summed E-state index contributed by atoms with van der Waals surface area (Å²) in [4.78, 5) is 0. The zero-order valence-electron chi connectivity index (χ0n) is 12.6. The summed E-state index contributed by atoms with van der Waals surface area (Å²) in [6, 6.07) is 0. The molecule has 0 aromatic heterocycles. The number of hydrogen-bond donors (Lipinski definition) is 1. The Bertz CT molecular complexity index is 403. The molecule has 1 saturated carbocycles. The third kappa shape index (κ3) is 1.68. The lowest BCUT2D eigenvalue weighted by molar-refractivity contribution is -0.235. The molecule has 0 saturated heterocycles. The Kier molecular flexibility index (Phi) is 3.67. The van der Waals surface area contributed by atoms with Crippen molar-refractivity contribution in [2.45, 2.75) is 32.0 Å². The highest BCUT2D eigenvalue weighted by Crippen LogP contribution is 2.59. The quantitative estimate of drug-likeness (QED) is 0.794. The molecule has 3 aliphatic rings. The summed E-state index contributed by atoms with van der Waals surface area (Å²) in [6.07, 6.45) is 3.86. The lowest BCUT2D eigenvalue weighted by Gasteiger charge is -2.62. The van der Waals surface area contributed by atoms with Gasteiger partial charge < -0.3 is 14.6 Å². The van der Waals surface area contributed by atoms with Crippen molar-refractivity contribution in [3.05, 3.63) is 24.3 Å². The molecule has 0 radical (unpaired) electrons. The van der Waals surface area contributed by atoms with Gasteiger partial charge in [-0.2, -0.15) is 0 Å². The monoisotopic (exact) mass is 266 g/mol. The van der Waals surface area contributed by atoms with E-state index in [1.807, 2.05) is 6.92 Å². The second-order valence-electron chi connectivity index (χ2n) is 6.23. The summed E-state index contributed by atoms with van der Waals surface area (Å²) in [6.45, 7) is 10.9. The maximum atomic E-state index is 11.1. The molecule has 0 amide bonds. The summed E-state index contributed by atoms with van der Waals surface area (Å²) in [5.74, 6) is 0.894.